The van der Waals surface area contributed by atoms with Crippen LogP contribution in [0, 0.1) is 0 Å². The van der Waals surface area contributed by atoms with Gasteiger partial charge in [0.25, 0.3) is 0 Å². The summed E-state index contributed by atoms with van der Waals surface area (Å²) in [4.78, 5) is 5.00. The maximum Gasteiger partial charge on any atom is 0.119 e. The SMILES string of the molecule is c1ccc(COc2ccc(CN3CCN(c4ccccc4)CC3)cc2)cc1. The highest BCUT2D eigenvalue weighted by Gasteiger charge is 2.17. The van der Waals surface area contributed by atoms with E-state index in [1.165, 1.54) is 16.8 Å². The fourth-order valence-electron chi connectivity index (χ4n) is 3.49. The minimum Gasteiger partial charge on any atom is -0.489 e. The normalized spacial score (nSPS) is 14.9. The predicted molar refractivity (Wildman–Crippen MR) is 111 cm³/mol. The molecule has 1 aliphatic heterocycles. The summed E-state index contributed by atoms with van der Waals surface area (Å²) in [5.41, 5.74) is 3.87. The number of benzene rings is 3. The Kier molecular flexibility index (Phi) is 5.70. The van der Waals surface area contributed by atoms with Crippen molar-refractivity contribution in [1.82, 2.24) is 4.90 Å². The molecule has 1 fully saturated rings. The number of ether oxygens (including phenoxy) is 1. The van der Waals surface area contributed by atoms with Crippen molar-refractivity contribution in [2.75, 3.05) is 31.1 Å². The minimum absolute atomic E-state index is 0.613. The first-order chi connectivity index (χ1) is 13.4. The van der Waals surface area contributed by atoms with E-state index in [-0.39, 0.29) is 0 Å². The van der Waals surface area contributed by atoms with Crippen LogP contribution in [0.25, 0.3) is 0 Å². The van der Waals surface area contributed by atoms with Crippen LogP contribution >= 0.6 is 0 Å². The third-order valence-corrected chi connectivity index (χ3v) is 5.07. The van der Waals surface area contributed by atoms with Crippen LogP contribution in [0.4, 0.5) is 5.69 Å². The molecule has 0 atom stereocenters. The average Bonchev–Trinajstić information content (AvgIpc) is 2.75. The molecule has 0 bridgehead atoms. The smallest absolute Gasteiger partial charge is 0.119 e. The summed E-state index contributed by atoms with van der Waals surface area (Å²) < 4.78 is 5.88. The largest absolute Gasteiger partial charge is 0.489 e. The van der Waals surface area contributed by atoms with E-state index in [9.17, 15) is 0 Å². The molecule has 0 aromatic heterocycles. The van der Waals surface area contributed by atoms with Crippen LogP contribution in [0.15, 0.2) is 84.9 Å². The first-order valence-electron chi connectivity index (χ1n) is 9.65. The Labute approximate surface area is 161 Å². The van der Waals surface area contributed by atoms with Crippen LogP contribution in [0.3, 0.4) is 0 Å². The highest BCUT2D eigenvalue weighted by Crippen LogP contribution is 2.18. The lowest BCUT2D eigenvalue weighted by atomic mass is 10.2. The van der Waals surface area contributed by atoms with Crippen LogP contribution in [0.2, 0.25) is 0 Å². The molecular weight excluding hydrogens is 332 g/mol. The third-order valence-electron chi connectivity index (χ3n) is 5.07. The Morgan fingerprint density at radius 3 is 1.93 bits per heavy atom. The van der Waals surface area contributed by atoms with E-state index < -0.39 is 0 Å². The van der Waals surface area contributed by atoms with Crippen molar-refractivity contribution in [2.24, 2.45) is 0 Å². The van der Waals surface area contributed by atoms with Gasteiger partial charge in [0.15, 0.2) is 0 Å². The molecule has 3 nitrogen and oxygen atoms in total. The highest BCUT2D eigenvalue weighted by atomic mass is 16.5. The molecule has 0 saturated carbocycles. The number of hydrogen-bond donors (Lipinski definition) is 0. The van der Waals surface area contributed by atoms with E-state index in [2.05, 4.69) is 76.5 Å². The molecule has 3 aromatic carbocycles. The van der Waals surface area contributed by atoms with Crippen LogP contribution in [0.5, 0.6) is 5.75 Å². The third kappa shape index (κ3) is 4.89. The maximum atomic E-state index is 5.88. The van der Waals surface area contributed by atoms with Gasteiger partial charge in [-0.3, -0.25) is 4.90 Å². The Morgan fingerprint density at radius 1 is 0.630 bits per heavy atom. The molecule has 4 rings (SSSR count). The number of piperazine rings is 1. The van der Waals surface area contributed by atoms with Gasteiger partial charge in [-0.05, 0) is 35.4 Å². The van der Waals surface area contributed by atoms with Crippen molar-refractivity contribution in [3.05, 3.63) is 96.1 Å². The topological polar surface area (TPSA) is 15.7 Å². The Hall–Kier alpha value is -2.78. The lowest BCUT2D eigenvalue weighted by Crippen LogP contribution is -2.45. The van der Waals surface area contributed by atoms with Gasteiger partial charge in [-0.25, -0.2) is 0 Å². The van der Waals surface area contributed by atoms with E-state index in [0.717, 1.165) is 38.5 Å². The standard InChI is InChI=1S/C24H26N2O/c1-3-7-22(8-4-1)20-27-24-13-11-21(12-14-24)19-25-15-17-26(18-16-25)23-9-5-2-6-10-23/h1-14H,15-20H2. The van der Waals surface area contributed by atoms with Crippen molar-refractivity contribution in [2.45, 2.75) is 13.2 Å². The number of rotatable bonds is 6. The van der Waals surface area contributed by atoms with Crippen molar-refractivity contribution in [3.63, 3.8) is 0 Å². The molecule has 0 spiro atoms. The molecule has 3 heteroatoms. The second-order valence-corrected chi connectivity index (χ2v) is 7.02. The molecule has 1 heterocycles. The van der Waals surface area contributed by atoms with Gasteiger partial charge < -0.3 is 9.64 Å². The van der Waals surface area contributed by atoms with Gasteiger partial charge in [0.1, 0.15) is 12.4 Å². The predicted octanol–water partition coefficient (Wildman–Crippen LogP) is 4.59. The Morgan fingerprint density at radius 2 is 1.26 bits per heavy atom. The van der Waals surface area contributed by atoms with Crippen LogP contribution in [0.1, 0.15) is 11.1 Å². The first kappa shape index (κ1) is 17.6. The van der Waals surface area contributed by atoms with E-state index in [4.69, 9.17) is 4.74 Å². The molecule has 0 unspecified atom stereocenters. The lowest BCUT2D eigenvalue weighted by Gasteiger charge is -2.36. The van der Waals surface area contributed by atoms with Crippen molar-refractivity contribution >= 4 is 5.69 Å². The summed E-state index contributed by atoms with van der Waals surface area (Å²) in [7, 11) is 0. The molecule has 0 radical (unpaired) electrons. The van der Waals surface area contributed by atoms with Crippen molar-refractivity contribution in [3.8, 4) is 5.75 Å². The summed E-state index contributed by atoms with van der Waals surface area (Å²) in [6, 6.07) is 29.5. The quantitative estimate of drug-likeness (QED) is 0.641. The summed E-state index contributed by atoms with van der Waals surface area (Å²) in [5.74, 6) is 0.927. The van der Waals surface area contributed by atoms with Crippen LogP contribution in [-0.4, -0.2) is 31.1 Å². The van der Waals surface area contributed by atoms with E-state index >= 15 is 0 Å². The first-order valence-corrected chi connectivity index (χ1v) is 9.65. The fraction of sp³-hybridized carbons (Fsp3) is 0.250. The number of para-hydroxylation sites is 1. The van der Waals surface area contributed by atoms with E-state index in [1.54, 1.807) is 0 Å². The van der Waals surface area contributed by atoms with E-state index in [1.807, 2.05) is 18.2 Å². The molecule has 3 aromatic rings. The van der Waals surface area contributed by atoms with Crippen molar-refractivity contribution in [1.29, 1.82) is 0 Å². The summed E-state index contributed by atoms with van der Waals surface area (Å²) in [6.45, 7) is 5.98. The van der Waals surface area contributed by atoms with Gasteiger partial charge in [0, 0.05) is 38.4 Å². The Bertz CT molecular complexity index is 810. The number of nitrogens with zero attached hydrogens (tertiary/aromatic N) is 2. The molecule has 27 heavy (non-hydrogen) atoms. The van der Waals surface area contributed by atoms with Gasteiger partial charge in [-0.1, -0.05) is 60.7 Å². The highest BCUT2D eigenvalue weighted by molar-refractivity contribution is 5.46. The second-order valence-electron chi connectivity index (χ2n) is 7.02. The zero-order valence-corrected chi connectivity index (χ0v) is 15.6. The molecule has 0 N–H and O–H groups in total. The molecule has 1 aliphatic rings. The zero-order chi connectivity index (χ0) is 18.3. The minimum atomic E-state index is 0.613. The van der Waals surface area contributed by atoms with Gasteiger partial charge in [-0.15, -0.1) is 0 Å². The molecular formula is C24H26N2O. The average molecular weight is 358 g/mol. The zero-order valence-electron chi connectivity index (χ0n) is 15.6. The molecule has 0 amide bonds. The van der Waals surface area contributed by atoms with Crippen LogP contribution in [-0.2, 0) is 13.2 Å². The monoisotopic (exact) mass is 358 g/mol. The number of anilines is 1. The van der Waals surface area contributed by atoms with Gasteiger partial charge in [0.2, 0.25) is 0 Å². The second kappa shape index (κ2) is 8.74. The van der Waals surface area contributed by atoms with Gasteiger partial charge >= 0.3 is 0 Å². The van der Waals surface area contributed by atoms with Crippen molar-refractivity contribution < 1.29 is 4.74 Å². The maximum absolute atomic E-state index is 5.88. The van der Waals surface area contributed by atoms with E-state index in [0.29, 0.717) is 6.61 Å². The molecule has 138 valence electrons. The number of hydrogen-bond acceptors (Lipinski definition) is 3. The van der Waals surface area contributed by atoms with Gasteiger partial charge in [-0.2, -0.15) is 0 Å². The Balaban J connectivity index is 1.25. The molecule has 0 aliphatic carbocycles. The lowest BCUT2D eigenvalue weighted by molar-refractivity contribution is 0.249. The van der Waals surface area contributed by atoms with Crippen LogP contribution < -0.4 is 9.64 Å². The summed E-state index contributed by atoms with van der Waals surface area (Å²) >= 11 is 0. The summed E-state index contributed by atoms with van der Waals surface area (Å²) in [5, 5.41) is 0. The molecule has 1 saturated heterocycles. The summed E-state index contributed by atoms with van der Waals surface area (Å²) in [6.07, 6.45) is 0. The van der Waals surface area contributed by atoms with Gasteiger partial charge in [0.05, 0.1) is 0 Å². The fourth-order valence-corrected chi connectivity index (χ4v) is 3.49.